The van der Waals surface area contributed by atoms with Crippen LogP contribution in [0.3, 0.4) is 0 Å². The fourth-order valence-electron chi connectivity index (χ4n) is 1.81. The van der Waals surface area contributed by atoms with Crippen LogP contribution in [0.5, 0.6) is 11.5 Å². The molecule has 0 radical (unpaired) electrons. The molecule has 1 amide bonds. The van der Waals surface area contributed by atoms with E-state index < -0.39 is 0 Å². The lowest BCUT2D eigenvalue weighted by Crippen LogP contribution is -2.07. The van der Waals surface area contributed by atoms with Gasteiger partial charge in [-0.2, -0.15) is 0 Å². The normalized spacial score (nSPS) is 10.7. The predicted molar refractivity (Wildman–Crippen MR) is 88.8 cm³/mol. The molecule has 116 valence electrons. The zero-order chi connectivity index (χ0) is 16.1. The summed E-state index contributed by atoms with van der Waals surface area (Å²) in [7, 11) is 3.18. The third-order valence-corrected chi connectivity index (χ3v) is 4.10. The molecule has 0 bridgehead atoms. The van der Waals surface area contributed by atoms with Gasteiger partial charge in [-0.05, 0) is 38.1 Å². The molecule has 0 aliphatic rings. The Morgan fingerprint density at radius 2 is 2.05 bits per heavy atom. The molecule has 0 fully saturated rings. The molecule has 2 aromatic rings. The summed E-state index contributed by atoms with van der Waals surface area (Å²) < 4.78 is 10.4. The van der Waals surface area contributed by atoms with Gasteiger partial charge < -0.3 is 9.47 Å². The molecule has 5 nitrogen and oxygen atoms in total. The summed E-state index contributed by atoms with van der Waals surface area (Å²) in [6, 6.07) is 5.40. The number of rotatable bonds is 5. The maximum atomic E-state index is 12.0. The van der Waals surface area contributed by atoms with Crippen LogP contribution in [-0.4, -0.2) is 25.1 Å². The SMILES string of the molecule is COc1ccc(OC)c(/C=C/C(=O)Nc2nc(C)c(C)s2)c1. The van der Waals surface area contributed by atoms with Crippen LogP contribution in [0.2, 0.25) is 0 Å². The van der Waals surface area contributed by atoms with E-state index in [2.05, 4.69) is 10.3 Å². The zero-order valence-electron chi connectivity index (χ0n) is 13.0. The second-order valence-electron chi connectivity index (χ2n) is 4.59. The fourth-order valence-corrected chi connectivity index (χ4v) is 2.63. The number of thiazole rings is 1. The summed E-state index contributed by atoms with van der Waals surface area (Å²) in [5.74, 6) is 1.14. The number of aryl methyl sites for hydroxylation is 2. The van der Waals surface area contributed by atoms with Crippen molar-refractivity contribution in [2.75, 3.05) is 19.5 Å². The Labute approximate surface area is 133 Å². The molecule has 0 saturated heterocycles. The Kier molecular flexibility index (Phi) is 5.16. The second kappa shape index (κ2) is 7.09. The number of carbonyl (C=O) groups is 1. The Hall–Kier alpha value is -2.34. The Morgan fingerprint density at radius 1 is 1.27 bits per heavy atom. The van der Waals surface area contributed by atoms with Crippen LogP contribution < -0.4 is 14.8 Å². The Morgan fingerprint density at radius 3 is 2.64 bits per heavy atom. The minimum absolute atomic E-state index is 0.237. The topological polar surface area (TPSA) is 60.5 Å². The van der Waals surface area contributed by atoms with E-state index in [9.17, 15) is 4.79 Å². The molecular weight excluding hydrogens is 300 g/mol. The first-order valence-corrected chi connectivity index (χ1v) is 7.50. The number of ether oxygens (including phenoxy) is 2. The van der Waals surface area contributed by atoms with Crippen molar-refractivity contribution in [1.82, 2.24) is 4.98 Å². The van der Waals surface area contributed by atoms with Gasteiger partial charge in [0.15, 0.2) is 5.13 Å². The molecule has 1 N–H and O–H groups in total. The third-order valence-electron chi connectivity index (χ3n) is 3.11. The van der Waals surface area contributed by atoms with Crippen LogP contribution in [0.15, 0.2) is 24.3 Å². The standard InChI is InChI=1S/C16H18N2O3S/c1-10-11(2)22-16(17-10)18-15(19)8-5-12-9-13(20-3)6-7-14(12)21-4/h5-9H,1-4H3,(H,17,18,19)/b8-5+. The van der Waals surface area contributed by atoms with Crippen LogP contribution in [-0.2, 0) is 4.79 Å². The van der Waals surface area contributed by atoms with Crippen LogP contribution in [0.1, 0.15) is 16.1 Å². The van der Waals surface area contributed by atoms with E-state index >= 15 is 0 Å². The summed E-state index contributed by atoms with van der Waals surface area (Å²) in [4.78, 5) is 17.3. The molecular formula is C16H18N2O3S. The fraction of sp³-hybridized carbons (Fsp3) is 0.250. The average molecular weight is 318 g/mol. The number of methoxy groups -OCH3 is 2. The van der Waals surface area contributed by atoms with Crippen molar-refractivity contribution < 1.29 is 14.3 Å². The average Bonchev–Trinajstić information content (AvgIpc) is 2.82. The highest BCUT2D eigenvalue weighted by atomic mass is 32.1. The van der Waals surface area contributed by atoms with Gasteiger partial charge in [0.05, 0.1) is 19.9 Å². The minimum atomic E-state index is -0.237. The van der Waals surface area contributed by atoms with Crippen molar-refractivity contribution in [2.24, 2.45) is 0 Å². The number of amides is 1. The Bertz CT molecular complexity index is 688. The highest BCUT2D eigenvalue weighted by Crippen LogP contribution is 2.25. The summed E-state index contributed by atoms with van der Waals surface area (Å²) in [6.45, 7) is 3.89. The van der Waals surface area contributed by atoms with Gasteiger partial charge >= 0.3 is 0 Å². The number of benzene rings is 1. The number of aromatic nitrogens is 1. The molecule has 0 saturated carbocycles. The lowest BCUT2D eigenvalue weighted by Gasteiger charge is -2.07. The molecule has 0 spiro atoms. The molecule has 1 heterocycles. The van der Waals surface area contributed by atoms with Crippen LogP contribution >= 0.6 is 11.3 Å². The predicted octanol–water partition coefficient (Wildman–Crippen LogP) is 3.43. The smallest absolute Gasteiger partial charge is 0.250 e. The van der Waals surface area contributed by atoms with Crippen molar-refractivity contribution in [3.05, 3.63) is 40.4 Å². The molecule has 2 rings (SSSR count). The summed E-state index contributed by atoms with van der Waals surface area (Å²) >= 11 is 1.46. The quantitative estimate of drug-likeness (QED) is 0.858. The maximum Gasteiger partial charge on any atom is 0.250 e. The van der Waals surface area contributed by atoms with Crippen molar-refractivity contribution in [3.8, 4) is 11.5 Å². The number of hydrogen-bond donors (Lipinski definition) is 1. The summed E-state index contributed by atoms with van der Waals surface area (Å²) in [5.41, 5.74) is 1.70. The monoisotopic (exact) mass is 318 g/mol. The van der Waals surface area contributed by atoms with Gasteiger partial charge in [0.1, 0.15) is 11.5 Å². The molecule has 6 heteroatoms. The largest absolute Gasteiger partial charge is 0.497 e. The second-order valence-corrected chi connectivity index (χ2v) is 5.79. The Balaban J connectivity index is 2.12. The van der Waals surface area contributed by atoms with E-state index in [4.69, 9.17) is 9.47 Å². The number of carbonyl (C=O) groups excluding carboxylic acids is 1. The number of anilines is 1. The first-order valence-electron chi connectivity index (χ1n) is 6.68. The molecule has 0 aliphatic carbocycles. The van der Waals surface area contributed by atoms with Crippen molar-refractivity contribution >= 4 is 28.5 Å². The number of hydrogen-bond acceptors (Lipinski definition) is 5. The van der Waals surface area contributed by atoms with E-state index in [0.29, 0.717) is 16.6 Å². The maximum absolute atomic E-state index is 12.0. The molecule has 1 aromatic carbocycles. The molecule has 22 heavy (non-hydrogen) atoms. The molecule has 0 atom stereocenters. The van der Waals surface area contributed by atoms with Gasteiger partial charge in [0.2, 0.25) is 5.91 Å². The van der Waals surface area contributed by atoms with Crippen LogP contribution in [0.4, 0.5) is 5.13 Å². The summed E-state index contributed by atoms with van der Waals surface area (Å²) in [5, 5.41) is 3.35. The van der Waals surface area contributed by atoms with E-state index in [1.165, 1.54) is 17.4 Å². The van der Waals surface area contributed by atoms with E-state index in [-0.39, 0.29) is 5.91 Å². The van der Waals surface area contributed by atoms with Crippen molar-refractivity contribution in [2.45, 2.75) is 13.8 Å². The van der Waals surface area contributed by atoms with Crippen molar-refractivity contribution in [3.63, 3.8) is 0 Å². The third kappa shape index (κ3) is 3.85. The lowest BCUT2D eigenvalue weighted by molar-refractivity contribution is -0.111. The van der Waals surface area contributed by atoms with Crippen LogP contribution in [0.25, 0.3) is 6.08 Å². The van der Waals surface area contributed by atoms with Crippen molar-refractivity contribution in [1.29, 1.82) is 0 Å². The number of nitrogens with one attached hydrogen (secondary N) is 1. The highest BCUT2D eigenvalue weighted by molar-refractivity contribution is 7.15. The van der Waals surface area contributed by atoms with Gasteiger partial charge in [-0.25, -0.2) is 4.98 Å². The summed E-state index contributed by atoms with van der Waals surface area (Å²) in [6.07, 6.45) is 3.13. The van der Waals surface area contributed by atoms with Gasteiger partial charge in [-0.3, -0.25) is 10.1 Å². The van der Waals surface area contributed by atoms with Gasteiger partial charge in [0.25, 0.3) is 0 Å². The van der Waals surface area contributed by atoms with E-state index in [0.717, 1.165) is 16.1 Å². The first-order chi connectivity index (χ1) is 10.5. The van der Waals surface area contributed by atoms with Gasteiger partial charge in [-0.1, -0.05) is 0 Å². The van der Waals surface area contributed by atoms with Crippen LogP contribution in [0, 0.1) is 13.8 Å². The first kappa shape index (κ1) is 16.0. The van der Waals surface area contributed by atoms with E-state index in [1.807, 2.05) is 13.8 Å². The zero-order valence-corrected chi connectivity index (χ0v) is 13.8. The van der Waals surface area contributed by atoms with E-state index in [1.54, 1.807) is 38.5 Å². The highest BCUT2D eigenvalue weighted by Gasteiger charge is 2.06. The molecule has 0 unspecified atom stereocenters. The number of nitrogens with zero attached hydrogens (tertiary/aromatic N) is 1. The minimum Gasteiger partial charge on any atom is -0.497 e. The van der Waals surface area contributed by atoms with Gasteiger partial charge in [-0.15, -0.1) is 11.3 Å². The molecule has 1 aromatic heterocycles. The van der Waals surface area contributed by atoms with Gasteiger partial charge in [0, 0.05) is 16.5 Å². The lowest BCUT2D eigenvalue weighted by atomic mass is 10.1. The molecule has 0 aliphatic heterocycles.